The van der Waals surface area contributed by atoms with E-state index < -0.39 is 22.4 Å². The topological polar surface area (TPSA) is 77.4 Å². The molecule has 0 spiro atoms. The minimum atomic E-state index is -1.34. The maximum Gasteiger partial charge on any atom is 0.127 e. The molecule has 1 aliphatic heterocycles. The summed E-state index contributed by atoms with van der Waals surface area (Å²) in [6, 6.07) is 0. The second-order valence-electron chi connectivity index (χ2n) is 6.07. The van der Waals surface area contributed by atoms with Crippen LogP contribution < -0.4 is 0 Å². The maximum absolute atomic E-state index is 11.1. The summed E-state index contributed by atoms with van der Waals surface area (Å²) in [5.41, 5.74) is -4.24. The van der Waals surface area contributed by atoms with Crippen molar-refractivity contribution in [1.29, 1.82) is 0 Å². The Kier molecular flexibility index (Phi) is 5.22. The fourth-order valence-corrected chi connectivity index (χ4v) is 2.85. The number of methoxy groups -OCH3 is 2. The van der Waals surface area contributed by atoms with Gasteiger partial charge in [0.05, 0.1) is 26.4 Å². The second-order valence-corrected chi connectivity index (χ2v) is 6.07. The normalized spacial score (nSPS) is 45.6. The summed E-state index contributed by atoms with van der Waals surface area (Å²) < 4.78 is 22.5. The zero-order valence-electron chi connectivity index (χ0n) is 13.4. The molecular weight excluding hydrogens is 264 g/mol. The minimum absolute atomic E-state index is 0.0924. The first-order chi connectivity index (χ1) is 9.14. The standard InChI is InChI=1S/C14H28O6/c1-11(18-6)10-20-12(2,9-17-5)14(4,13(11,3)16)19-8-7-15/h15-16H,7-10H2,1-6H3/t11-,12-,13?,14?/m1/s1. The molecule has 1 fully saturated rings. The van der Waals surface area contributed by atoms with Gasteiger partial charge in [0.15, 0.2) is 0 Å². The van der Waals surface area contributed by atoms with Crippen molar-refractivity contribution < 1.29 is 29.2 Å². The van der Waals surface area contributed by atoms with Crippen LogP contribution in [0, 0.1) is 0 Å². The van der Waals surface area contributed by atoms with E-state index in [4.69, 9.17) is 24.1 Å². The molecular formula is C14H28O6. The third-order valence-electron chi connectivity index (χ3n) is 4.99. The van der Waals surface area contributed by atoms with Gasteiger partial charge in [-0.2, -0.15) is 0 Å². The third-order valence-corrected chi connectivity index (χ3v) is 4.99. The van der Waals surface area contributed by atoms with Gasteiger partial charge in [0.2, 0.25) is 0 Å². The highest BCUT2D eigenvalue weighted by atomic mass is 16.6. The predicted octanol–water partition coefficient (Wildman–Crippen LogP) is 0.345. The predicted molar refractivity (Wildman–Crippen MR) is 73.7 cm³/mol. The van der Waals surface area contributed by atoms with E-state index in [-0.39, 0.29) is 26.4 Å². The fourth-order valence-electron chi connectivity index (χ4n) is 2.85. The van der Waals surface area contributed by atoms with Gasteiger partial charge in [0.25, 0.3) is 0 Å². The molecule has 20 heavy (non-hydrogen) atoms. The quantitative estimate of drug-likeness (QED) is 0.735. The summed E-state index contributed by atoms with van der Waals surface area (Å²) in [6.45, 7) is 7.47. The molecule has 1 rings (SSSR count). The Hall–Kier alpha value is -0.240. The Morgan fingerprint density at radius 1 is 1.15 bits per heavy atom. The van der Waals surface area contributed by atoms with Crippen molar-refractivity contribution in [3.05, 3.63) is 0 Å². The summed E-state index contributed by atoms with van der Waals surface area (Å²) in [6.07, 6.45) is 0. The van der Waals surface area contributed by atoms with E-state index in [0.29, 0.717) is 0 Å². The van der Waals surface area contributed by atoms with Crippen molar-refractivity contribution >= 4 is 0 Å². The molecule has 0 radical (unpaired) electrons. The molecule has 6 nitrogen and oxygen atoms in total. The average Bonchev–Trinajstić information content (AvgIpc) is 2.40. The zero-order valence-corrected chi connectivity index (χ0v) is 13.4. The molecule has 2 N–H and O–H groups in total. The van der Waals surface area contributed by atoms with Crippen LogP contribution in [-0.2, 0) is 18.9 Å². The van der Waals surface area contributed by atoms with Gasteiger partial charge >= 0.3 is 0 Å². The number of hydrogen-bond donors (Lipinski definition) is 2. The van der Waals surface area contributed by atoms with Crippen LogP contribution >= 0.6 is 0 Å². The van der Waals surface area contributed by atoms with Gasteiger partial charge in [-0.15, -0.1) is 0 Å². The first kappa shape index (κ1) is 17.8. The van der Waals surface area contributed by atoms with Gasteiger partial charge < -0.3 is 29.2 Å². The molecule has 6 heteroatoms. The van der Waals surface area contributed by atoms with Crippen molar-refractivity contribution in [2.75, 3.05) is 40.6 Å². The lowest BCUT2D eigenvalue weighted by Gasteiger charge is -2.62. The van der Waals surface area contributed by atoms with Gasteiger partial charge in [-0.3, -0.25) is 0 Å². The summed E-state index contributed by atoms with van der Waals surface area (Å²) >= 11 is 0. The molecule has 1 heterocycles. The van der Waals surface area contributed by atoms with E-state index in [1.165, 1.54) is 7.11 Å². The van der Waals surface area contributed by atoms with Gasteiger partial charge in [0.1, 0.15) is 22.4 Å². The molecule has 0 aromatic carbocycles. The molecule has 0 aromatic heterocycles. The van der Waals surface area contributed by atoms with Crippen molar-refractivity contribution in [3.8, 4) is 0 Å². The minimum Gasteiger partial charge on any atom is -0.394 e. The smallest absolute Gasteiger partial charge is 0.127 e. The van der Waals surface area contributed by atoms with Crippen LogP contribution in [0.25, 0.3) is 0 Å². The van der Waals surface area contributed by atoms with Crippen molar-refractivity contribution in [3.63, 3.8) is 0 Å². The highest BCUT2D eigenvalue weighted by molar-refractivity contribution is 5.18. The molecule has 0 aromatic rings. The summed E-state index contributed by atoms with van der Waals surface area (Å²) in [5.74, 6) is 0. The van der Waals surface area contributed by atoms with Gasteiger partial charge in [-0.1, -0.05) is 0 Å². The summed E-state index contributed by atoms with van der Waals surface area (Å²) in [7, 11) is 3.10. The molecule has 120 valence electrons. The number of aliphatic hydroxyl groups is 2. The number of hydrogen-bond acceptors (Lipinski definition) is 6. The van der Waals surface area contributed by atoms with Crippen LogP contribution in [0.5, 0.6) is 0 Å². The molecule has 1 aliphatic rings. The molecule has 1 saturated heterocycles. The SMILES string of the molecule is COC[C@@]1(C)OC[C@@](C)(OC)C(C)(O)C1(C)OCCO. The third kappa shape index (κ3) is 2.38. The van der Waals surface area contributed by atoms with Crippen LogP contribution in [-0.4, -0.2) is 73.3 Å². The largest absolute Gasteiger partial charge is 0.394 e. The fraction of sp³-hybridized carbons (Fsp3) is 1.00. The highest BCUT2D eigenvalue weighted by Gasteiger charge is 2.68. The summed E-state index contributed by atoms with van der Waals surface area (Å²) in [5, 5.41) is 20.2. The van der Waals surface area contributed by atoms with Crippen molar-refractivity contribution in [2.45, 2.75) is 50.1 Å². The Balaban J connectivity index is 3.27. The summed E-state index contributed by atoms with van der Waals surface area (Å²) in [4.78, 5) is 0. The molecule has 0 amide bonds. The van der Waals surface area contributed by atoms with Gasteiger partial charge in [-0.25, -0.2) is 0 Å². The van der Waals surface area contributed by atoms with E-state index in [2.05, 4.69) is 0 Å². The van der Waals surface area contributed by atoms with E-state index in [9.17, 15) is 5.11 Å². The van der Waals surface area contributed by atoms with Crippen LogP contribution in [0.2, 0.25) is 0 Å². The average molecular weight is 292 g/mol. The number of aliphatic hydroxyl groups excluding tert-OH is 1. The molecule has 0 saturated carbocycles. The Morgan fingerprint density at radius 3 is 2.20 bits per heavy atom. The van der Waals surface area contributed by atoms with E-state index in [1.807, 2.05) is 6.92 Å². The maximum atomic E-state index is 11.1. The van der Waals surface area contributed by atoms with Crippen molar-refractivity contribution in [1.82, 2.24) is 0 Å². The lowest BCUT2D eigenvalue weighted by atomic mass is 9.64. The van der Waals surface area contributed by atoms with Gasteiger partial charge in [0, 0.05) is 14.2 Å². The Labute approximate surface area is 121 Å². The van der Waals surface area contributed by atoms with Crippen LogP contribution in [0.3, 0.4) is 0 Å². The molecule has 4 atom stereocenters. The molecule has 0 aliphatic carbocycles. The number of ether oxygens (including phenoxy) is 4. The van der Waals surface area contributed by atoms with Crippen molar-refractivity contribution in [2.24, 2.45) is 0 Å². The Bertz CT molecular complexity index is 334. The lowest BCUT2D eigenvalue weighted by molar-refractivity contribution is -0.366. The molecule has 0 bridgehead atoms. The molecule has 2 unspecified atom stereocenters. The lowest BCUT2D eigenvalue weighted by Crippen LogP contribution is -2.79. The number of rotatable bonds is 6. The highest BCUT2D eigenvalue weighted by Crippen LogP contribution is 2.49. The van der Waals surface area contributed by atoms with E-state index in [0.717, 1.165) is 0 Å². The zero-order chi connectivity index (χ0) is 15.7. The monoisotopic (exact) mass is 292 g/mol. The van der Waals surface area contributed by atoms with Crippen LogP contribution in [0.15, 0.2) is 0 Å². The van der Waals surface area contributed by atoms with Crippen LogP contribution in [0.4, 0.5) is 0 Å². The Morgan fingerprint density at radius 2 is 1.75 bits per heavy atom. The first-order valence-electron chi connectivity index (χ1n) is 6.79. The van der Waals surface area contributed by atoms with E-state index >= 15 is 0 Å². The second kappa shape index (κ2) is 5.87. The van der Waals surface area contributed by atoms with Gasteiger partial charge in [-0.05, 0) is 27.7 Å². The van der Waals surface area contributed by atoms with E-state index in [1.54, 1.807) is 27.9 Å². The first-order valence-corrected chi connectivity index (χ1v) is 6.79. The van der Waals surface area contributed by atoms with Crippen LogP contribution in [0.1, 0.15) is 27.7 Å².